The second kappa shape index (κ2) is 15.2. The molecule has 0 amide bonds. The molecule has 2 atom stereocenters. The molecule has 40 heavy (non-hydrogen) atoms. The van der Waals surface area contributed by atoms with E-state index < -0.39 is 28.0 Å². The molecule has 2 aliphatic rings. The zero-order valence-electron chi connectivity index (χ0n) is 22.7. The van der Waals surface area contributed by atoms with Gasteiger partial charge in [0, 0.05) is 70.0 Å². The van der Waals surface area contributed by atoms with Crippen molar-refractivity contribution >= 4 is 27.6 Å². The molecule has 2 aliphatic heterocycles. The van der Waals surface area contributed by atoms with Gasteiger partial charge in [-0.15, -0.1) is 0 Å². The third-order valence-corrected chi connectivity index (χ3v) is 9.53. The number of carbonyl (C=O) groups is 1. The van der Waals surface area contributed by atoms with Gasteiger partial charge in [0.2, 0.25) is 10.0 Å². The van der Waals surface area contributed by atoms with Gasteiger partial charge in [-0.1, -0.05) is 41.9 Å². The summed E-state index contributed by atoms with van der Waals surface area (Å²) in [6, 6.07) is 14.6. The number of carboxylic acid groups (broad SMARTS) is 1. The van der Waals surface area contributed by atoms with Crippen molar-refractivity contribution in [3.05, 3.63) is 65.2 Å². The molecule has 10 nitrogen and oxygen atoms in total. The molecule has 0 aromatic heterocycles. The molecule has 2 N–H and O–H groups in total. The van der Waals surface area contributed by atoms with E-state index in [1.807, 2.05) is 0 Å². The van der Waals surface area contributed by atoms with E-state index in [1.54, 1.807) is 54.6 Å². The van der Waals surface area contributed by atoms with Gasteiger partial charge in [-0.3, -0.25) is 14.6 Å². The van der Waals surface area contributed by atoms with Crippen LogP contribution in [-0.4, -0.2) is 119 Å². The number of halogens is 1. The van der Waals surface area contributed by atoms with Crippen LogP contribution < -0.4 is 5.32 Å². The van der Waals surface area contributed by atoms with Gasteiger partial charge in [-0.05, 0) is 29.8 Å². The van der Waals surface area contributed by atoms with Crippen molar-refractivity contribution in [3.63, 3.8) is 0 Å². The average Bonchev–Trinajstić information content (AvgIpc) is 2.98. The molecule has 2 aromatic rings. The number of hydrogen-bond donors (Lipinski definition) is 2. The number of aliphatic carboxylic acids is 1. The Balaban J connectivity index is 1.58. The number of hydrogen-bond acceptors (Lipinski definition) is 8. The Morgan fingerprint density at radius 2 is 1.50 bits per heavy atom. The molecular weight excluding hydrogens is 556 g/mol. The maximum absolute atomic E-state index is 13.8. The number of nitrogens with zero attached hydrogens (tertiary/aromatic N) is 3. The van der Waals surface area contributed by atoms with Gasteiger partial charge in [-0.2, -0.15) is 4.31 Å². The van der Waals surface area contributed by atoms with E-state index in [2.05, 4.69) is 15.1 Å². The summed E-state index contributed by atoms with van der Waals surface area (Å²) in [6.07, 6.45) is 0. The van der Waals surface area contributed by atoms with Gasteiger partial charge in [0.15, 0.2) is 0 Å². The minimum absolute atomic E-state index is 0.143. The third kappa shape index (κ3) is 8.70. The largest absolute Gasteiger partial charge is 0.481 e. The first-order valence-corrected chi connectivity index (χ1v) is 15.5. The van der Waals surface area contributed by atoms with Crippen molar-refractivity contribution in [3.8, 4) is 0 Å². The van der Waals surface area contributed by atoms with Crippen LogP contribution in [0.25, 0.3) is 0 Å². The molecule has 220 valence electrons. The molecule has 12 heteroatoms. The molecule has 2 fully saturated rings. The molecule has 0 bridgehead atoms. The highest BCUT2D eigenvalue weighted by molar-refractivity contribution is 7.89. The zero-order chi connectivity index (χ0) is 28.4. The number of nitrogens with one attached hydrogen (secondary N) is 1. The van der Waals surface area contributed by atoms with E-state index in [-0.39, 0.29) is 18.0 Å². The Morgan fingerprint density at radius 1 is 0.925 bits per heavy atom. The second-order valence-corrected chi connectivity index (χ2v) is 12.4. The van der Waals surface area contributed by atoms with Crippen LogP contribution in [-0.2, 0) is 24.3 Å². The van der Waals surface area contributed by atoms with Crippen LogP contribution in [0.5, 0.6) is 0 Å². The Bertz CT molecular complexity index is 1160. The maximum atomic E-state index is 13.8. The summed E-state index contributed by atoms with van der Waals surface area (Å²) in [4.78, 5) is 17.4. The van der Waals surface area contributed by atoms with Crippen molar-refractivity contribution in [2.24, 2.45) is 5.92 Å². The number of sulfonamides is 1. The number of ether oxygens (including phenoxy) is 2. The van der Waals surface area contributed by atoms with Crippen LogP contribution in [0.15, 0.2) is 59.5 Å². The topological polar surface area (TPSA) is 112 Å². The van der Waals surface area contributed by atoms with E-state index in [0.717, 1.165) is 25.2 Å². The molecule has 0 spiro atoms. The van der Waals surface area contributed by atoms with Crippen molar-refractivity contribution in [2.75, 3.05) is 85.3 Å². The van der Waals surface area contributed by atoms with Crippen molar-refractivity contribution in [1.29, 1.82) is 0 Å². The molecule has 2 unspecified atom stereocenters. The Hall–Kier alpha value is -2.09. The lowest BCUT2D eigenvalue weighted by atomic mass is 9.92. The number of carboxylic acids is 1. The van der Waals surface area contributed by atoms with E-state index in [1.165, 1.54) is 4.31 Å². The highest BCUT2D eigenvalue weighted by Gasteiger charge is 2.36. The van der Waals surface area contributed by atoms with Gasteiger partial charge in [0.1, 0.15) is 0 Å². The first kappa shape index (κ1) is 30.9. The molecule has 0 saturated carbocycles. The predicted octanol–water partition coefficient (Wildman–Crippen LogP) is 2.03. The molecule has 4 rings (SSSR count). The summed E-state index contributed by atoms with van der Waals surface area (Å²) in [5.74, 6) is -2.12. The van der Waals surface area contributed by atoms with Crippen molar-refractivity contribution in [2.45, 2.75) is 10.9 Å². The molecule has 0 aliphatic carbocycles. The minimum atomic E-state index is -3.95. The number of rotatable bonds is 14. The highest BCUT2D eigenvalue weighted by Crippen LogP contribution is 2.27. The molecular formula is C28H39ClN4O6S. The van der Waals surface area contributed by atoms with Gasteiger partial charge >= 0.3 is 5.97 Å². The van der Waals surface area contributed by atoms with Crippen LogP contribution in [0, 0.1) is 5.92 Å². The molecule has 2 aromatic carbocycles. The summed E-state index contributed by atoms with van der Waals surface area (Å²) < 4.78 is 39.8. The fourth-order valence-electron chi connectivity index (χ4n) is 5.04. The van der Waals surface area contributed by atoms with E-state index in [4.69, 9.17) is 21.1 Å². The van der Waals surface area contributed by atoms with Crippen LogP contribution >= 0.6 is 11.6 Å². The number of morpholine rings is 2. The lowest BCUT2D eigenvalue weighted by molar-refractivity contribution is -0.143. The zero-order valence-corrected chi connectivity index (χ0v) is 24.2. The first-order chi connectivity index (χ1) is 19.3. The average molecular weight is 595 g/mol. The summed E-state index contributed by atoms with van der Waals surface area (Å²) in [6.45, 7) is 7.32. The monoisotopic (exact) mass is 594 g/mol. The van der Waals surface area contributed by atoms with Crippen LogP contribution in [0.2, 0.25) is 5.02 Å². The lowest BCUT2D eigenvalue weighted by Crippen LogP contribution is -2.48. The normalized spacial score (nSPS) is 18.9. The number of benzene rings is 2. The standard InChI is InChI=1S/C28H39ClN4O6S/c29-24-8-6-23(7-9-24)27(30-10-11-31-14-18-38-19-15-31)26(28(34)35)22-33(13-12-32-16-20-39-21-17-32)40(36,37)25-4-2-1-3-5-25/h1-9,26-27,30H,10-22H2,(H,34,35). The van der Waals surface area contributed by atoms with Gasteiger partial charge in [0.05, 0.1) is 37.2 Å². The second-order valence-electron chi connectivity index (χ2n) is 10.0. The molecule has 2 heterocycles. The van der Waals surface area contributed by atoms with Crippen molar-refractivity contribution < 1.29 is 27.8 Å². The quantitative estimate of drug-likeness (QED) is 0.339. The van der Waals surface area contributed by atoms with Gasteiger partial charge < -0.3 is 19.9 Å². The van der Waals surface area contributed by atoms with E-state index in [9.17, 15) is 18.3 Å². The van der Waals surface area contributed by atoms with Gasteiger partial charge in [0.25, 0.3) is 0 Å². The van der Waals surface area contributed by atoms with Crippen LogP contribution in [0.1, 0.15) is 11.6 Å². The molecule has 0 radical (unpaired) electrons. The predicted molar refractivity (Wildman–Crippen MR) is 153 cm³/mol. The van der Waals surface area contributed by atoms with E-state index in [0.29, 0.717) is 57.6 Å². The highest BCUT2D eigenvalue weighted by atomic mass is 35.5. The Kier molecular flexibility index (Phi) is 11.7. The molecule has 2 saturated heterocycles. The fraction of sp³-hybridized carbons (Fsp3) is 0.536. The first-order valence-electron chi connectivity index (χ1n) is 13.7. The summed E-state index contributed by atoms with van der Waals surface area (Å²) >= 11 is 6.14. The smallest absolute Gasteiger partial charge is 0.309 e. The summed E-state index contributed by atoms with van der Waals surface area (Å²) in [7, 11) is -3.95. The van der Waals surface area contributed by atoms with Crippen LogP contribution in [0.3, 0.4) is 0 Å². The summed E-state index contributed by atoms with van der Waals surface area (Å²) in [5.41, 5.74) is 0.740. The van der Waals surface area contributed by atoms with E-state index >= 15 is 0 Å². The Morgan fingerprint density at radius 3 is 2.08 bits per heavy atom. The minimum Gasteiger partial charge on any atom is -0.481 e. The SMILES string of the molecule is O=C(O)C(CN(CCN1CCOCC1)S(=O)(=O)c1ccccc1)C(NCCN1CCOCC1)c1ccc(Cl)cc1. The van der Waals surface area contributed by atoms with Crippen LogP contribution in [0.4, 0.5) is 0 Å². The summed E-state index contributed by atoms with van der Waals surface area (Å²) in [5, 5.41) is 14.4. The Labute approximate surface area is 241 Å². The lowest BCUT2D eigenvalue weighted by Gasteiger charge is -2.33. The van der Waals surface area contributed by atoms with Crippen molar-refractivity contribution in [1.82, 2.24) is 19.4 Å². The fourth-order valence-corrected chi connectivity index (χ4v) is 6.64. The van der Waals surface area contributed by atoms with Gasteiger partial charge in [-0.25, -0.2) is 8.42 Å². The maximum Gasteiger partial charge on any atom is 0.309 e. The third-order valence-electron chi connectivity index (χ3n) is 7.40.